The fourth-order valence-corrected chi connectivity index (χ4v) is 5.45. The molecule has 0 radical (unpaired) electrons. The molecule has 112 valence electrons. The van der Waals surface area contributed by atoms with E-state index in [9.17, 15) is 13.2 Å². The van der Waals surface area contributed by atoms with Gasteiger partial charge in [0.15, 0.2) is 0 Å². The number of para-hydroxylation sites is 1. The van der Waals surface area contributed by atoms with E-state index in [0.717, 1.165) is 21.2 Å². The fraction of sp³-hybridized carbons (Fsp3) is 0.154. The lowest BCUT2D eigenvalue weighted by Crippen LogP contribution is -2.35. The van der Waals surface area contributed by atoms with Crippen LogP contribution in [0.3, 0.4) is 0 Å². The maximum Gasteiger partial charge on any atom is 0.324 e. The molecule has 0 unspecified atom stereocenters. The number of carbonyl (C=O) groups is 1. The molecule has 1 N–H and O–H groups in total. The predicted molar refractivity (Wildman–Crippen MR) is 85.4 cm³/mol. The zero-order chi connectivity index (χ0) is 15.6. The first-order valence-corrected chi connectivity index (χ1v) is 8.93. The summed E-state index contributed by atoms with van der Waals surface area (Å²) in [4.78, 5) is 11.0. The zero-order valence-electron chi connectivity index (χ0n) is 11.0. The Morgan fingerprint density at radius 1 is 1.33 bits per heavy atom. The molecular formula is C13H12BrNO4S2. The highest BCUT2D eigenvalue weighted by atomic mass is 79.9. The van der Waals surface area contributed by atoms with Crippen LogP contribution in [-0.4, -0.2) is 26.0 Å². The van der Waals surface area contributed by atoms with Gasteiger partial charge in [0.1, 0.15) is 10.8 Å². The standard InChI is InChI=1S/C13H12BrNO4S2/c1-9-7-12(20-13(9)14)21(18,19)15(8-11(16)17)10-5-3-2-4-6-10/h2-7H,8H2,1H3,(H,16,17). The lowest BCUT2D eigenvalue weighted by molar-refractivity contribution is -0.135. The van der Waals surface area contributed by atoms with Gasteiger partial charge in [0, 0.05) is 0 Å². The summed E-state index contributed by atoms with van der Waals surface area (Å²) in [7, 11) is -3.91. The van der Waals surface area contributed by atoms with E-state index in [4.69, 9.17) is 5.11 Å². The van der Waals surface area contributed by atoms with Crippen molar-refractivity contribution in [3.05, 3.63) is 45.7 Å². The number of aliphatic carboxylic acids is 1. The molecule has 0 aliphatic rings. The first-order valence-electron chi connectivity index (χ1n) is 5.88. The highest BCUT2D eigenvalue weighted by Crippen LogP contribution is 2.33. The van der Waals surface area contributed by atoms with Crippen LogP contribution in [0.1, 0.15) is 5.56 Å². The van der Waals surface area contributed by atoms with Crippen LogP contribution in [-0.2, 0) is 14.8 Å². The molecule has 0 amide bonds. The summed E-state index contributed by atoms with van der Waals surface area (Å²) in [6, 6.07) is 9.72. The molecule has 0 fully saturated rings. The largest absolute Gasteiger partial charge is 0.480 e. The first kappa shape index (κ1) is 16.0. The average molecular weight is 390 g/mol. The first-order chi connectivity index (χ1) is 9.82. The van der Waals surface area contributed by atoms with Crippen LogP contribution in [0.4, 0.5) is 5.69 Å². The third-order valence-electron chi connectivity index (χ3n) is 2.70. The molecule has 0 bridgehead atoms. The molecule has 0 saturated carbocycles. The Bertz CT molecular complexity index is 736. The number of sulfonamides is 1. The number of hydrogen-bond donors (Lipinski definition) is 1. The van der Waals surface area contributed by atoms with Gasteiger partial charge in [-0.3, -0.25) is 9.10 Å². The highest BCUT2D eigenvalue weighted by molar-refractivity contribution is 9.11. The number of carboxylic acid groups (broad SMARTS) is 1. The second-order valence-electron chi connectivity index (χ2n) is 4.26. The number of benzene rings is 1. The molecule has 2 aromatic rings. The van der Waals surface area contributed by atoms with E-state index in [1.807, 2.05) is 0 Å². The molecular weight excluding hydrogens is 378 g/mol. The quantitative estimate of drug-likeness (QED) is 0.852. The maximum atomic E-state index is 12.7. The third kappa shape index (κ3) is 3.45. The molecule has 0 saturated heterocycles. The lowest BCUT2D eigenvalue weighted by atomic mass is 10.3. The number of aryl methyl sites for hydroxylation is 1. The molecule has 0 aliphatic heterocycles. The zero-order valence-corrected chi connectivity index (χ0v) is 14.2. The van der Waals surface area contributed by atoms with Crippen molar-refractivity contribution in [2.45, 2.75) is 11.1 Å². The average Bonchev–Trinajstić information content (AvgIpc) is 2.77. The Labute approximate surface area is 135 Å². The Morgan fingerprint density at radius 3 is 2.43 bits per heavy atom. The molecule has 1 aromatic carbocycles. The topological polar surface area (TPSA) is 74.7 Å². The number of nitrogens with zero attached hydrogens (tertiary/aromatic N) is 1. The van der Waals surface area contributed by atoms with Crippen molar-refractivity contribution in [1.82, 2.24) is 0 Å². The monoisotopic (exact) mass is 389 g/mol. The molecule has 5 nitrogen and oxygen atoms in total. The second kappa shape index (κ2) is 6.17. The van der Waals surface area contributed by atoms with Gasteiger partial charge < -0.3 is 5.11 Å². The van der Waals surface area contributed by atoms with Gasteiger partial charge in [-0.15, -0.1) is 11.3 Å². The van der Waals surface area contributed by atoms with Crippen LogP contribution >= 0.6 is 27.3 Å². The summed E-state index contributed by atoms with van der Waals surface area (Å²) in [5.74, 6) is -1.21. The number of anilines is 1. The molecule has 2 rings (SSSR count). The van der Waals surface area contributed by atoms with Gasteiger partial charge in [-0.2, -0.15) is 0 Å². The van der Waals surface area contributed by atoms with Gasteiger partial charge >= 0.3 is 5.97 Å². The number of hydrogen-bond acceptors (Lipinski definition) is 4. The Morgan fingerprint density at radius 2 is 1.95 bits per heavy atom. The number of carboxylic acids is 1. The van der Waals surface area contributed by atoms with Gasteiger partial charge in [0.05, 0.1) is 9.47 Å². The molecule has 8 heteroatoms. The Hall–Kier alpha value is -1.38. The van der Waals surface area contributed by atoms with Crippen LogP contribution in [0.5, 0.6) is 0 Å². The van der Waals surface area contributed by atoms with Crippen LogP contribution in [0, 0.1) is 6.92 Å². The smallest absolute Gasteiger partial charge is 0.324 e. The Balaban J connectivity index is 2.52. The molecule has 1 heterocycles. The van der Waals surface area contributed by atoms with Gasteiger partial charge in [0.2, 0.25) is 0 Å². The number of halogens is 1. The number of thiophene rings is 1. The fourth-order valence-electron chi connectivity index (χ4n) is 1.70. The van der Waals surface area contributed by atoms with E-state index in [1.165, 1.54) is 6.07 Å². The van der Waals surface area contributed by atoms with Gasteiger partial charge in [-0.05, 0) is 46.6 Å². The van der Waals surface area contributed by atoms with Crippen LogP contribution in [0.2, 0.25) is 0 Å². The highest BCUT2D eigenvalue weighted by Gasteiger charge is 2.29. The van der Waals surface area contributed by atoms with Crippen molar-refractivity contribution in [3.63, 3.8) is 0 Å². The van der Waals surface area contributed by atoms with Crippen LogP contribution < -0.4 is 4.31 Å². The minimum absolute atomic E-state index is 0.108. The molecule has 0 atom stereocenters. The van der Waals surface area contributed by atoms with Gasteiger partial charge in [-0.1, -0.05) is 18.2 Å². The van der Waals surface area contributed by atoms with E-state index >= 15 is 0 Å². The maximum absolute atomic E-state index is 12.7. The second-order valence-corrected chi connectivity index (χ2v) is 8.72. The van der Waals surface area contributed by atoms with Crippen LogP contribution in [0.25, 0.3) is 0 Å². The summed E-state index contributed by atoms with van der Waals surface area (Å²) in [5, 5.41) is 9.00. The van der Waals surface area contributed by atoms with Gasteiger partial charge in [-0.25, -0.2) is 8.42 Å². The molecule has 1 aromatic heterocycles. The SMILES string of the molecule is Cc1cc(S(=O)(=O)N(CC(=O)O)c2ccccc2)sc1Br. The van der Waals surface area contributed by atoms with Crippen molar-refractivity contribution in [1.29, 1.82) is 0 Å². The van der Waals surface area contributed by atoms with E-state index in [2.05, 4.69) is 15.9 Å². The van der Waals surface area contributed by atoms with E-state index < -0.39 is 22.5 Å². The summed E-state index contributed by atoms with van der Waals surface area (Å²) in [6.45, 7) is 1.16. The van der Waals surface area contributed by atoms with E-state index in [-0.39, 0.29) is 4.21 Å². The molecule has 21 heavy (non-hydrogen) atoms. The van der Waals surface area contributed by atoms with Crippen molar-refractivity contribution in [3.8, 4) is 0 Å². The molecule has 0 aliphatic carbocycles. The van der Waals surface area contributed by atoms with Crippen molar-refractivity contribution < 1.29 is 18.3 Å². The minimum atomic E-state index is -3.91. The lowest BCUT2D eigenvalue weighted by Gasteiger charge is -2.21. The van der Waals surface area contributed by atoms with Crippen molar-refractivity contribution in [2.24, 2.45) is 0 Å². The number of rotatable bonds is 5. The predicted octanol–water partition coefficient (Wildman–Crippen LogP) is 3.10. The summed E-state index contributed by atoms with van der Waals surface area (Å²) in [6.07, 6.45) is 0. The minimum Gasteiger partial charge on any atom is -0.480 e. The van der Waals surface area contributed by atoms with Gasteiger partial charge in [0.25, 0.3) is 10.0 Å². The van der Waals surface area contributed by atoms with Crippen molar-refractivity contribution >= 4 is 48.9 Å². The summed E-state index contributed by atoms with van der Waals surface area (Å²) >= 11 is 4.35. The van der Waals surface area contributed by atoms with E-state index in [0.29, 0.717) is 9.47 Å². The van der Waals surface area contributed by atoms with E-state index in [1.54, 1.807) is 37.3 Å². The summed E-state index contributed by atoms with van der Waals surface area (Å²) < 4.78 is 27.1. The van der Waals surface area contributed by atoms with Crippen molar-refractivity contribution in [2.75, 3.05) is 10.8 Å². The van der Waals surface area contributed by atoms with Crippen LogP contribution in [0.15, 0.2) is 44.4 Å². The summed E-state index contributed by atoms with van der Waals surface area (Å²) in [5.41, 5.74) is 1.11. The Kier molecular flexibility index (Phi) is 4.70. The normalized spacial score (nSPS) is 11.3. The molecule has 0 spiro atoms. The third-order valence-corrected chi connectivity index (χ3v) is 7.06.